The summed E-state index contributed by atoms with van der Waals surface area (Å²) in [6.07, 6.45) is 6.45. The number of benzene rings is 1. The maximum atomic E-state index is 12.4. The van der Waals surface area contributed by atoms with Gasteiger partial charge in [0.1, 0.15) is 0 Å². The maximum absolute atomic E-state index is 12.4. The van der Waals surface area contributed by atoms with Crippen LogP contribution in [0.25, 0.3) is 10.9 Å². The number of hydrogen-bond acceptors (Lipinski definition) is 3. The second-order valence-corrected chi connectivity index (χ2v) is 5.85. The molecular formula is C17H20N2O2. The monoisotopic (exact) mass is 284 g/mol. The van der Waals surface area contributed by atoms with E-state index in [1.165, 1.54) is 6.42 Å². The van der Waals surface area contributed by atoms with Crippen LogP contribution >= 0.6 is 0 Å². The fourth-order valence-electron chi connectivity index (χ4n) is 3.01. The Balaban J connectivity index is 1.75. The van der Waals surface area contributed by atoms with Gasteiger partial charge in [-0.05, 0) is 25.0 Å². The Bertz CT molecular complexity index is 643. The van der Waals surface area contributed by atoms with Gasteiger partial charge in [0, 0.05) is 18.1 Å². The second kappa shape index (κ2) is 5.82. The third kappa shape index (κ3) is 3.05. The highest BCUT2D eigenvalue weighted by atomic mass is 16.3. The lowest BCUT2D eigenvalue weighted by molar-refractivity contribution is 0.00527. The number of pyridine rings is 1. The van der Waals surface area contributed by atoms with Crippen LogP contribution in [0.2, 0.25) is 0 Å². The van der Waals surface area contributed by atoms with Crippen molar-refractivity contribution in [1.82, 2.24) is 10.3 Å². The van der Waals surface area contributed by atoms with Gasteiger partial charge in [-0.15, -0.1) is 0 Å². The van der Waals surface area contributed by atoms with Crippen LogP contribution in [0.4, 0.5) is 0 Å². The van der Waals surface area contributed by atoms with Crippen molar-refractivity contribution in [3.63, 3.8) is 0 Å². The predicted molar refractivity (Wildman–Crippen MR) is 82.1 cm³/mol. The number of amides is 1. The predicted octanol–water partition coefficient (Wildman–Crippen LogP) is 2.66. The molecule has 0 unspecified atom stereocenters. The van der Waals surface area contributed by atoms with Crippen LogP contribution < -0.4 is 5.32 Å². The third-order valence-corrected chi connectivity index (χ3v) is 4.24. The number of para-hydroxylation sites is 1. The van der Waals surface area contributed by atoms with Gasteiger partial charge >= 0.3 is 0 Å². The number of rotatable bonds is 3. The summed E-state index contributed by atoms with van der Waals surface area (Å²) >= 11 is 0. The molecule has 4 nitrogen and oxygen atoms in total. The number of fused-ring (bicyclic) bond motifs is 1. The van der Waals surface area contributed by atoms with E-state index in [0.717, 1.165) is 31.1 Å². The van der Waals surface area contributed by atoms with E-state index in [2.05, 4.69) is 10.3 Å². The number of nitrogens with zero attached hydrogens (tertiary/aromatic N) is 1. The number of carbonyl (C=O) groups excluding carboxylic acids is 1. The number of aliphatic hydroxyl groups is 1. The highest BCUT2D eigenvalue weighted by molar-refractivity contribution is 6.05. The molecule has 110 valence electrons. The lowest BCUT2D eigenvalue weighted by atomic mass is 9.85. The molecule has 4 heteroatoms. The first-order chi connectivity index (χ1) is 10.2. The van der Waals surface area contributed by atoms with Gasteiger partial charge in [0.15, 0.2) is 0 Å². The maximum Gasteiger partial charge on any atom is 0.253 e. The highest BCUT2D eigenvalue weighted by Gasteiger charge is 2.29. The van der Waals surface area contributed by atoms with Gasteiger partial charge in [-0.2, -0.15) is 0 Å². The number of carbonyl (C=O) groups is 1. The minimum Gasteiger partial charge on any atom is -0.388 e. The molecule has 1 saturated carbocycles. The summed E-state index contributed by atoms with van der Waals surface area (Å²) in [7, 11) is 0. The van der Waals surface area contributed by atoms with Crippen molar-refractivity contribution in [2.24, 2.45) is 0 Å². The van der Waals surface area contributed by atoms with Crippen LogP contribution in [0, 0.1) is 0 Å². The van der Waals surface area contributed by atoms with Gasteiger partial charge < -0.3 is 10.4 Å². The molecule has 0 saturated heterocycles. The molecule has 0 spiro atoms. The Kier molecular flexibility index (Phi) is 3.88. The summed E-state index contributed by atoms with van der Waals surface area (Å²) < 4.78 is 0. The van der Waals surface area contributed by atoms with Crippen LogP contribution in [-0.2, 0) is 0 Å². The van der Waals surface area contributed by atoms with Gasteiger partial charge in [-0.3, -0.25) is 9.78 Å². The molecule has 1 aliphatic rings. The van der Waals surface area contributed by atoms with Crippen molar-refractivity contribution in [3.8, 4) is 0 Å². The number of nitrogens with one attached hydrogen (secondary N) is 1. The van der Waals surface area contributed by atoms with Crippen molar-refractivity contribution in [3.05, 3.63) is 42.1 Å². The number of hydrogen-bond donors (Lipinski definition) is 2. The average molecular weight is 284 g/mol. The minimum absolute atomic E-state index is 0.168. The van der Waals surface area contributed by atoms with Crippen LogP contribution in [0.5, 0.6) is 0 Å². The second-order valence-electron chi connectivity index (χ2n) is 5.85. The molecular weight excluding hydrogens is 264 g/mol. The van der Waals surface area contributed by atoms with Crippen molar-refractivity contribution < 1.29 is 9.90 Å². The average Bonchev–Trinajstić information content (AvgIpc) is 2.53. The standard InChI is InChI=1S/C17H20N2O2/c20-16(19-12-17(21)9-2-1-3-10-17)14-8-4-6-13-7-5-11-18-15(13)14/h4-8,11,21H,1-3,9-10,12H2,(H,19,20). The summed E-state index contributed by atoms with van der Waals surface area (Å²) in [4.78, 5) is 16.7. The van der Waals surface area contributed by atoms with E-state index in [-0.39, 0.29) is 5.91 Å². The summed E-state index contributed by atoms with van der Waals surface area (Å²) in [5.74, 6) is -0.168. The Labute approximate surface area is 124 Å². The Hall–Kier alpha value is -1.94. The lowest BCUT2D eigenvalue weighted by Gasteiger charge is -2.32. The molecule has 1 amide bonds. The molecule has 21 heavy (non-hydrogen) atoms. The lowest BCUT2D eigenvalue weighted by Crippen LogP contribution is -2.44. The molecule has 1 fully saturated rings. The van der Waals surface area contributed by atoms with Crippen LogP contribution in [-0.4, -0.2) is 28.1 Å². The summed E-state index contributed by atoms with van der Waals surface area (Å²) in [5.41, 5.74) is 0.520. The summed E-state index contributed by atoms with van der Waals surface area (Å²) in [5, 5.41) is 14.3. The molecule has 0 aliphatic heterocycles. The van der Waals surface area contributed by atoms with Crippen molar-refractivity contribution in [1.29, 1.82) is 0 Å². The van der Waals surface area contributed by atoms with Gasteiger partial charge in [0.05, 0.1) is 16.7 Å². The van der Waals surface area contributed by atoms with E-state index in [1.54, 1.807) is 12.3 Å². The molecule has 2 aromatic rings. The molecule has 0 bridgehead atoms. The largest absolute Gasteiger partial charge is 0.388 e. The van der Waals surface area contributed by atoms with Gasteiger partial charge in [-0.1, -0.05) is 37.5 Å². The topological polar surface area (TPSA) is 62.2 Å². The Morgan fingerprint density at radius 2 is 1.95 bits per heavy atom. The van der Waals surface area contributed by atoms with Gasteiger partial charge in [-0.25, -0.2) is 0 Å². The third-order valence-electron chi connectivity index (χ3n) is 4.24. The van der Waals surface area contributed by atoms with Crippen LogP contribution in [0.3, 0.4) is 0 Å². The fourth-order valence-corrected chi connectivity index (χ4v) is 3.01. The first kappa shape index (κ1) is 14.0. The molecule has 1 aromatic carbocycles. The number of aromatic nitrogens is 1. The zero-order valence-corrected chi connectivity index (χ0v) is 12.0. The van der Waals surface area contributed by atoms with E-state index in [4.69, 9.17) is 0 Å². The van der Waals surface area contributed by atoms with E-state index in [1.807, 2.05) is 24.3 Å². The summed E-state index contributed by atoms with van der Waals surface area (Å²) in [6.45, 7) is 0.315. The Morgan fingerprint density at radius 1 is 1.19 bits per heavy atom. The van der Waals surface area contributed by atoms with Crippen molar-refractivity contribution in [2.45, 2.75) is 37.7 Å². The molecule has 1 heterocycles. The smallest absolute Gasteiger partial charge is 0.253 e. The zero-order chi connectivity index (χ0) is 14.7. The Morgan fingerprint density at radius 3 is 2.76 bits per heavy atom. The first-order valence-electron chi connectivity index (χ1n) is 7.52. The van der Waals surface area contributed by atoms with E-state index in [9.17, 15) is 9.90 Å². The van der Waals surface area contributed by atoms with Crippen LogP contribution in [0.15, 0.2) is 36.5 Å². The van der Waals surface area contributed by atoms with E-state index >= 15 is 0 Å². The molecule has 1 aromatic heterocycles. The fraction of sp³-hybridized carbons (Fsp3) is 0.412. The SMILES string of the molecule is O=C(NCC1(O)CCCCC1)c1cccc2cccnc12. The molecule has 3 rings (SSSR count). The first-order valence-corrected chi connectivity index (χ1v) is 7.52. The molecule has 2 N–H and O–H groups in total. The van der Waals surface area contributed by atoms with Gasteiger partial charge in [0.25, 0.3) is 5.91 Å². The van der Waals surface area contributed by atoms with Crippen LogP contribution in [0.1, 0.15) is 42.5 Å². The molecule has 0 atom stereocenters. The minimum atomic E-state index is -0.744. The zero-order valence-electron chi connectivity index (χ0n) is 12.0. The molecule has 1 aliphatic carbocycles. The summed E-state index contributed by atoms with van der Waals surface area (Å²) in [6, 6.07) is 9.36. The quantitative estimate of drug-likeness (QED) is 0.911. The molecule has 0 radical (unpaired) electrons. The highest BCUT2D eigenvalue weighted by Crippen LogP contribution is 2.27. The van der Waals surface area contributed by atoms with E-state index < -0.39 is 5.60 Å². The van der Waals surface area contributed by atoms with Crippen molar-refractivity contribution in [2.75, 3.05) is 6.54 Å². The van der Waals surface area contributed by atoms with Gasteiger partial charge in [0.2, 0.25) is 0 Å². The van der Waals surface area contributed by atoms with Crippen molar-refractivity contribution >= 4 is 16.8 Å². The normalized spacial score (nSPS) is 17.6. The van der Waals surface area contributed by atoms with E-state index in [0.29, 0.717) is 17.6 Å².